The predicted molar refractivity (Wildman–Crippen MR) is 89.2 cm³/mol. The number of hydrogen-bond acceptors (Lipinski definition) is 4. The Morgan fingerprint density at radius 1 is 1.33 bits per heavy atom. The number of aromatic nitrogens is 2. The van der Waals surface area contributed by atoms with Gasteiger partial charge in [0.05, 0.1) is 11.6 Å². The van der Waals surface area contributed by atoms with Gasteiger partial charge in [0.25, 0.3) is 5.91 Å². The van der Waals surface area contributed by atoms with Gasteiger partial charge in [-0.15, -0.1) is 0 Å². The van der Waals surface area contributed by atoms with E-state index in [0.29, 0.717) is 12.1 Å². The van der Waals surface area contributed by atoms with Gasteiger partial charge in [0.1, 0.15) is 11.6 Å². The van der Waals surface area contributed by atoms with E-state index in [1.807, 2.05) is 6.92 Å². The van der Waals surface area contributed by atoms with Crippen LogP contribution in [0.5, 0.6) is 0 Å². The zero-order chi connectivity index (χ0) is 16.9. The van der Waals surface area contributed by atoms with Gasteiger partial charge in [0.2, 0.25) is 0 Å². The summed E-state index contributed by atoms with van der Waals surface area (Å²) < 4.78 is 12.9. The van der Waals surface area contributed by atoms with Gasteiger partial charge in [-0.2, -0.15) is 0 Å². The highest BCUT2D eigenvalue weighted by atomic mass is 19.1. The van der Waals surface area contributed by atoms with E-state index in [1.165, 1.54) is 12.1 Å². The van der Waals surface area contributed by atoms with Crippen LogP contribution in [0.1, 0.15) is 53.5 Å². The van der Waals surface area contributed by atoms with Gasteiger partial charge in [-0.1, -0.05) is 19.1 Å². The molecule has 6 heteroatoms. The second kappa shape index (κ2) is 7.49. The Hall–Kier alpha value is -2.34. The summed E-state index contributed by atoms with van der Waals surface area (Å²) in [6, 6.07) is 6.52. The SMILES string of the molecule is CC(CNC(=O)c1cnc(C2CCCN2)nc1)c1ccc(F)cc1. The first-order chi connectivity index (χ1) is 11.6. The van der Waals surface area contributed by atoms with Gasteiger partial charge in [0.15, 0.2) is 0 Å². The fourth-order valence-electron chi connectivity index (χ4n) is 2.80. The maximum atomic E-state index is 12.9. The molecule has 5 nitrogen and oxygen atoms in total. The number of hydrogen-bond donors (Lipinski definition) is 2. The molecule has 1 aliphatic rings. The first-order valence-corrected chi connectivity index (χ1v) is 8.22. The molecular weight excluding hydrogens is 307 g/mol. The van der Waals surface area contributed by atoms with Crippen LogP contribution >= 0.6 is 0 Å². The predicted octanol–water partition coefficient (Wildman–Crippen LogP) is 2.57. The third kappa shape index (κ3) is 3.94. The molecule has 1 fully saturated rings. The lowest BCUT2D eigenvalue weighted by Gasteiger charge is -2.13. The van der Waals surface area contributed by atoms with Gasteiger partial charge >= 0.3 is 0 Å². The standard InChI is InChI=1S/C18H21FN4O/c1-12(13-4-6-15(19)7-5-13)9-23-18(24)14-10-21-17(22-11-14)16-3-2-8-20-16/h4-7,10-12,16,20H,2-3,8-9H2,1H3,(H,23,24). The van der Waals surface area contributed by atoms with Crippen molar-refractivity contribution < 1.29 is 9.18 Å². The van der Waals surface area contributed by atoms with E-state index < -0.39 is 0 Å². The Morgan fingerprint density at radius 3 is 2.67 bits per heavy atom. The number of carbonyl (C=O) groups excluding carboxylic acids is 1. The fraction of sp³-hybridized carbons (Fsp3) is 0.389. The second-order valence-corrected chi connectivity index (χ2v) is 6.14. The summed E-state index contributed by atoms with van der Waals surface area (Å²) in [5.74, 6) is 0.375. The van der Waals surface area contributed by atoms with Crippen molar-refractivity contribution in [2.75, 3.05) is 13.1 Å². The molecule has 1 saturated heterocycles. The monoisotopic (exact) mass is 328 g/mol. The molecule has 2 atom stereocenters. The molecule has 1 aromatic heterocycles. The zero-order valence-corrected chi connectivity index (χ0v) is 13.6. The van der Waals surface area contributed by atoms with Crippen molar-refractivity contribution in [3.63, 3.8) is 0 Å². The summed E-state index contributed by atoms with van der Waals surface area (Å²) >= 11 is 0. The Kier molecular flexibility index (Phi) is 5.15. The summed E-state index contributed by atoms with van der Waals surface area (Å²) in [7, 11) is 0. The number of carbonyl (C=O) groups is 1. The van der Waals surface area contributed by atoms with Crippen LogP contribution in [0.25, 0.3) is 0 Å². The Bertz CT molecular complexity index is 681. The van der Waals surface area contributed by atoms with Crippen molar-refractivity contribution in [2.24, 2.45) is 0 Å². The Labute approximate surface area is 140 Å². The first-order valence-electron chi connectivity index (χ1n) is 8.22. The fourth-order valence-corrected chi connectivity index (χ4v) is 2.80. The molecular formula is C18H21FN4O. The van der Waals surface area contributed by atoms with Gasteiger partial charge < -0.3 is 10.6 Å². The molecule has 126 valence electrons. The van der Waals surface area contributed by atoms with Crippen molar-refractivity contribution in [1.29, 1.82) is 0 Å². The lowest BCUT2D eigenvalue weighted by Crippen LogP contribution is -2.28. The molecule has 3 rings (SSSR count). The van der Waals surface area contributed by atoms with Crippen molar-refractivity contribution >= 4 is 5.91 Å². The summed E-state index contributed by atoms with van der Waals surface area (Å²) in [5.41, 5.74) is 1.43. The van der Waals surface area contributed by atoms with Gasteiger partial charge in [-0.05, 0) is 43.0 Å². The summed E-state index contributed by atoms with van der Waals surface area (Å²) in [4.78, 5) is 20.8. The van der Waals surface area contributed by atoms with Crippen molar-refractivity contribution in [2.45, 2.75) is 31.7 Å². The van der Waals surface area contributed by atoms with Gasteiger partial charge in [0, 0.05) is 18.9 Å². The molecule has 1 aromatic carbocycles. The minimum Gasteiger partial charge on any atom is -0.351 e. The molecule has 1 amide bonds. The zero-order valence-electron chi connectivity index (χ0n) is 13.6. The largest absolute Gasteiger partial charge is 0.351 e. The van der Waals surface area contributed by atoms with E-state index in [4.69, 9.17) is 0 Å². The van der Waals surface area contributed by atoms with E-state index >= 15 is 0 Å². The van der Waals surface area contributed by atoms with Gasteiger partial charge in [-0.3, -0.25) is 4.79 Å². The summed E-state index contributed by atoms with van der Waals surface area (Å²) in [6.07, 6.45) is 5.29. The minimum atomic E-state index is -0.260. The van der Waals surface area contributed by atoms with Crippen LogP contribution in [0.3, 0.4) is 0 Å². The molecule has 2 aromatic rings. The number of nitrogens with zero attached hydrogens (tertiary/aromatic N) is 2. The number of halogens is 1. The normalized spacial score (nSPS) is 18.3. The van der Waals surface area contributed by atoms with E-state index in [-0.39, 0.29) is 23.7 Å². The quantitative estimate of drug-likeness (QED) is 0.885. The van der Waals surface area contributed by atoms with Crippen LogP contribution in [0.15, 0.2) is 36.7 Å². The molecule has 0 saturated carbocycles. The maximum absolute atomic E-state index is 12.9. The van der Waals surface area contributed by atoms with Crippen LogP contribution in [0.4, 0.5) is 4.39 Å². The van der Waals surface area contributed by atoms with Crippen molar-refractivity contribution in [3.05, 3.63) is 59.4 Å². The molecule has 0 aliphatic carbocycles. The van der Waals surface area contributed by atoms with E-state index in [9.17, 15) is 9.18 Å². The summed E-state index contributed by atoms with van der Waals surface area (Å²) in [5, 5.41) is 6.20. The Balaban J connectivity index is 1.55. The van der Waals surface area contributed by atoms with Crippen molar-refractivity contribution in [3.8, 4) is 0 Å². The third-order valence-electron chi connectivity index (χ3n) is 4.31. The van der Waals surface area contributed by atoms with Crippen LogP contribution in [-0.4, -0.2) is 29.0 Å². The van der Waals surface area contributed by atoms with Crippen LogP contribution in [-0.2, 0) is 0 Å². The third-order valence-corrected chi connectivity index (χ3v) is 4.31. The number of amides is 1. The average molecular weight is 328 g/mol. The smallest absolute Gasteiger partial charge is 0.254 e. The molecule has 0 radical (unpaired) electrons. The summed E-state index contributed by atoms with van der Waals surface area (Å²) in [6.45, 7) is 3.44. The molecule has 2 N–H and O–H groups in total. The van der Waals surface area contributed by atoms with Crippen LogP contribution in [0.2, 0.25) is 0 Å². The topological polar surface area (TPSA) is 66.9 Å². The lowest BCUT2D eigenvalue weighted by atomic mass is 10.0. The second-order valence-electron chi connectivity index (χ2n) is 6.14. The average Bonchev–Trinajstić information content (AvgIpc) is 3.15. The van der Waals surface area contributed by atoms with E-state index in [2.05, 4.69) is 20.6 Å². The molecule has 0 bridgehead atoms. The highest BCUT2D eigenvalue weighted by Gasteiger charge is 2.19. The lowest BCUT2D eigenvalue weighted by molar-refractivity contribution is 0.0951. The highest BCUT2D eigenvalue weighted by molar-refractivity contribution is 5.93. The van der Waals surface area contributed by atoms with E-state index in [0.717, 1.165) is 30.8 Å². The molecule has 1 aliphatic heterocycles. The maximum Gasteiger partial charge on any atom is 0.254 e. The van der Waals surface area contributed by atoms with Crippen LogP contribution in [0, 0.1) is 5.82 Å². The first kappa shape index (κ1) is 16.5. The van der Waals surface area contributed by atoms with Crippen molar-refractivity contribution in [1.82, 2.24) is 20.6 Å². The number of benzene rings is 1. The number of rotatable bonds is 5. The molecule has 2 heterocycles. The Morgan fingerprint density at radius 2 is 2.04 bits per heavy atom. The number of nitrogens with one attached hydrogen (secondary N) is 2. The van der Waals surface area contributed by atoms with E-state index in [1.54, 1.807) is 24.5 Å². The minimum absolute atomic E-state index is 0.0948. The van der Waals surface area contributed by atoms with Gasteiger partial charge in [-0.25, -0.2) is 14.4 Å². The molecule has 24 heavy (non-hydrogen) atoms. The highest BCUT2D eigenvalue weighted by Crippen LogP contribution is 2.19. The van der Waals surface area contributed by atoms with Crippen LogP contribution < -0.4 is 10.6 Å². The molecule has 2 unspecified atom stereocenters. The molecule has 0 spiro atoms.